The molecular weight excluding hydrogens is 557 g/mol. The van der Waals surface area contributed by atoms with E-state index in [-0.39, 0.29) is 44.4 Å². The summed E-state index contributed by atoms with van der Waals surface area (Å²) in [7, 11) is 0. The van der Waals surface area contributed by atoms with Gasteiger partial charge in [0, 0.05) is 27.4 Å². The first kappa shape index (κ1) is 29.0. The van der Waals surface area contributed by atoms with E-state index in [2.05, 4.69) is 50.2 Å². The number of fused-ring (bicyclic) bond motifs is 7. The van der Waals surface area contributed by atoms with Crippen molar-refractivity contribution in [3.8, 4) is 0 Å². The Morgan fingerprint density at radius 3 is 2.79 bits per heavy atom. The van der Waals surface area contributed by atoms with Crippen LogP contribution in [0.15, 0.2) is 58.1 Å². The molecule has 0 bridgehead atoms. The molecule has 1 N–H and O–H groups in total. The summed E-state index contributed by atoms with van der Waals surface area (Å²) < 4.78 is 42.2. The van der Waals surface area contributed by atoms with E-state index in [4.69, 9.17) is 23.8 Å². The van der Waals surface area contributed by atoms with E-state index in [0.717, 1.165) is 24.2 Å². The number of hydrogen-bond donors (Lipinski definition) is 1. The minimum absolute atomic E-state index is 0.000232. The summed E-state index contributed by atoms with van der Waals surface area (Å²) in [4.78, 5) is 6.86. The summed E-state index contributed by atoms with van der Waals surface area (Å²) in [6.45, 7) is 9.37. The number of rotatable bonds is 5. The molecule has 6 aliphatic rings. The molecule has 7 rings (SSSR count). The van der Waals surface area contributed by atoms with Crippen LogP contribution in [0.5, 0.6) is 0 Å². The van der Waals surface area contributed by atoms with Crippen molar-refractivity contribution in [1.82, 2.24) is 0 Å². The lowest BCUT2D eigenvalue weighted by atomic mass is 9.44. The fourth-order valence-corrected chi connectivity index (χ4v) is 10.7. The molecule has 7 nitrogen and oxygen atoms in total. The zero-order valence-electron chi connectivity index (χ0n) is 24.9. The first-order valence-electron chi connectivity index (χ1n) is 15.3. The summed E-state index contributed by atoms with van der Waals surface area (Å²) in [5.41, 5.74) is -1.22. The minimum atomic E-state index is -1.82. The highest BCUT2D eigenvalue weighted by Crippen LogP contribution is 2.74. The summed E-state index contributed by atoms with van der Waals surface area (Å²) in [5.74, 6) is -0.522. The molecule has 1 unspecified atom stereocenters. The van der Waals surface area contributed by atoms with Crippen molar-refractivity contribution < 1.29 is 33.3 Å². The van der Waals surface area contributed by atoms with Crippen molar-refractivity contribution in [2.75, 3.05) is 32.6 Å². The van der Waals surface area contributed by atoms with E-state index < -0.39 is 34.0 Å². The highest BCUT2D eigenvalue weighted by molar-refractivity contribution is 7.99. The quantitative estimate of drug-likeness (QED) is 0.255. The molecular formula is C33H42FNO6S. The number of nitrogens with zero attached hydrogens (tertiary/aromatic N) is 1. The van der Waals surface area contributed by atoms with Crippen LogP contribution in [0.1, 0.15) is 52.0 Å². The van der Waals surface area contributed by atoms with Crippen molar-refractivity contribution in [2.45, 2.75) is 81.4 Å². The number of aryl methyl sites for hydroxylation is 1. The molecule has 2 heterocycles. The van der Waals surface area contributed by atoms with Gasteiger partial charge in [-0.2, -0.15) is 0 Å². The normalized spacial score (nSPS) is 46.6. The van der Waals surface area contributed by atoms with Crippen LogP contribution in [0, 0.1) is 35.5 Å². The Labute approximate surface area is 251 Å². The van der Waals surface area contributed by atoms with Gasteiger partial charge in [-0.15, -0.1) is 11.8 Å². The molecule has 1 aromatic carbocycles. The van der Waals surface area contributed by atoms with Gasteiger partial charge in [-0.05, 0) is 75.7 Å². The third-order valence-corrected chi connectivity index (χ3v) is 12.6. The molecule has 0 amide bonds. The number of hydrogen-bond acceptors (Lipinski definition) is 8. The maximum Gasteiger partial charge on any atom is 0.227 e. The first-order valence-corrected chi connectivity index (χ1v) is 16.2. The molecule has 0 radical (unpaired) electrons. The third kappa shape index (κ3) is 3.80. The summed E-state index contributed by atoms with van der Waals surface area (Å²) in [6, 6.07) is 8.40. The Morgan fingerprint density at radius 1 is 1.17 bits per heavy atom. The van der Waals surface area contributed by atoms with Gasteiger partial charge in [0.05, 0.1) is 6.10 Å². The zero-order chi connectivity index (χ0) is 29.4. The predicted molar refractivity (Wildman–Crippen MR) is 158 cm³/mol. The van der Waals surface area contributed by atoms with Gasteiger partial charge in [0.15, 0.2) is 19.3 Å². The second-order valence-corrected chi connectivity index (χ2v) is 14.7. The highest BCUT2D eigenvalue weighted by Gasteiger charge is 2.81. The molecule has 4 aliphatic carbocycles. The molecule has 228 valence electrons. The first-order chi connectivity index (χ1) is 20.1. The van der Waals surface area contributed by atoms with Crippen LogP contribution in [0.3, 0.4) is 0 Å². The van der Waals surface area contributed by atoms with Crippen LogP contribution in [0.25, 0.3) is 0 Å². The molecule has 42 heavy (non-hydrogen) atoms. The van der Waals surface area contributed by atoms with Gasteiger partial charge >= 0.3 is 0 Å². The summed E-state index contributed by atoms with van der Waals surface area (Å²) in [6.07, 6.45) is 7.01. The van der Waals surface area contributed by atoms with Crippen molar-refractivity contribution >= 4 is 17.5 Å². The van der Waals surface area contributed by atoms with Crippen molar-refractivity contribution in [2.24, 2.45) is 33.7 Å². The largest absolute Gasteiger partial charge is 0.394 e. The number of allylic oxidation sites excluding steroid dienone is 4. The van der Waals surface area contributed by atoms with Gasteiger partial charge in [-0.1, -0.05) is 48.3 Å². The number of benzene rings is 1. The zero-order valence-corrected chi connectivity index (χ0v) is 25.8. The molecule has 2 spiro atoms. The Hall–Kier alpha value is -1.75. The molecule has 9 atom stereocenters. The van der Waals surface area contributed by atoms with Crippen LogP contribution in [0.4, 0.5) is 4.39 Å². The van der Waals surface area contributed by atoms with Gasteiger partial charge in [-0.25, -0.2) is 4.39 Å². The van der Waals surface area contributed by atoms with Crippen LogP contribution < -0.4 is 0 Å². The van der Waals surface area contributed by atoms with E-state index in [1.54, 1.807) is 11.8 Å². The van der Waals surface area contributed by atoms with Crippen molar-refractivity contribution in [3.05, 3.63) is 53.6 Å². The molecule has 2 saturated heterocycles. The Balaban J connectivity index is 1.10. The minimum Gasteiger partial charge on any atom is -0.394 e. The van der Waals surface area contributed by atoms with Gasteiger partial charge < -0.3 is 28.9 Å². The molecule has 5 fully saturated rings. The third-order valence-electron chi connectivity index (χ3n) is 11.6. The van der Waals surface area contributed by atoms with Gasteiger partial charge in [0.25, 0.3) is 0 Å². The topological polar surface area (TPSA) is 78.7 Å². The SMILES string of the molecule is Cc1cccc(SCCO/N=C2\C=C[C@@]3(C)C(=C2)CC[C@H]2[C@@H]4C[C@H](C)[C@@]5(OCOC56COCO6)[C@@]4(C)C[C@H](O)[C@@]23F)c1. The van der Waals surface area contributed by atoms with E-state index in [1.165, 1.54) is 10.5 Å². The lowest BCUT2D eigenvalue weighted by Crippen LogP contribution is -2.71. The van der Waals surface area contributed by atoms with Gasteiger partial charge in [0.2, 0.25) is 5.79 Å². The number of aliphatic hydroxyl groups is 1. The average Bonchev–Trinajstić information content (AvgIpc) is 3.65. The number of aliphatic hydroxyl groups excluding tert-OH is 1. The summed E-state index contributed by atoms with van der Waals surface area (Å²) in [5, 5.41) is 16.2. The van der Waals surface area contributed by atoms with Crippen LogP contribution >= 0.6 is 11.8 Å². The fourth-order valence-electron chi connectivity index (χ4n) is 9.82. The smallest absolute Gasteiger partial charge is 0.227 e. The Bertz CT molecular complexity index is 1320. The monoisotopic (exact) mass is 599 g/mol. The van der Waals surface area contributed by atoms with Crippen LogP contribution in [-0.2, 0) is 23.8 Å². The molecule has 3 saturated carbocycles. The maximum absolute atomic E-state index is 17.8. The fraction of sp³-hybridized carbons (Fsp3) is 0.667. The second-order valence-electron chi connectivity index (χ2n) is 13.5. The number of ether oxygens (including phenoxy) is 4. The predicted octanol–water partition coefficient (Wildman–Crippen LogP) is 5.95. The summed E-state index contributed by atoms with van der Waals surface area (Å²) >= 11 is 1.73. The lowest BCUT2D eigenvalue weighted by Gasteiger charge is -2.63. The van der Waals surface area contributed by atoms with Crippen LogP contribution in [0.2, 0.25) is 0 Å². The lowest BCUT2D eigenvalue weighted by molar-refractivity contribution is -0.277. The second kappa shape index (κ2) is 10.1. The van der Waals surface area contributed by atoms with E-state index >= 15 is 4.39 Å². The van der Waals surface area contributed by atoms with Gasteiger partial charge in [0.1, 0.15) is 24.5 Å². The molecule has 2 aliphatic heterocycles. The highest BCUT2D eigenvalue weighted by atomic mass is 32.2. The Morgan fingerprint density at radius 2 is 2.00 bits per heavy atom. The number of halogens is 1. The van der Waals surface area contributed by atoms with Crippen molar-refractivity contribution in [3.63, 3.8) is 0 Å². The van der Waals surface area contributed by atoms with Crippen molar-refractivity contribution in [1.29, 1.82) is 0 Å². The van der Waals surface area contributed by atoms with Crippen LogP contribution in [-0.4, -0.2) is 66.5 Å². The number of oxime groups is 1. The standard InChI is InChI=1S/C33H42FNO6S/c1-21-6-5-7-25(14-21)42-13-12-41-35-24-10-11-29(3)23(16-24)8-9-26-27-15-22(2)33(30(27,4)17-28(36)32(26,29)34)31(39-20-40-33)18-37-19-38-31/h5-7,10-11,14,16,22,26-28,36H,8-9,12-13,15,17-20H2,1-4H3/b35-24+/t22-,26-,27-,28-,29-,30-,31?,32-,33+/m0/s1. The average molecular weight is 600 g/mol. The molecule has 1 aromatic rings. The Kier molecular flexibility index (Phi) is 7.00. The van der Waals surface area contributed by atoms with Gasteiger partial charge in [-0.3, -0.25) is 0 Å². The maximum atomic E-state index is 17.8. The number of thioether (sulfide) groups is 1. The number of alkyl halides is 1. The van der Waals surface area contributed by atoms with E-state index in [1.807, 2.05) is 25.2 Å². The molecule has 9 heteroatoms. The molecule has 0 aromatic heterocycles. The van der Waals surface area contributed by atoms with E-state index in [9.17, 15) is 5.11 Å². The van der Waals surface area contributed by atoms with E-state index in [0.29, 0.717) is 18.7 Å².